The lowest BCUT2D eigenvalue weighted by Crippen LogP contribution is -2.29. The first kappa shape index (κ1) is 19.5. The van der Waals surface area contributed by atoms with Gasteiger partial charge in [-0.3, -0.25) is 19.5 Å². The summed E-state index contributed by atoms with van der Waals surface area (Å²) in [5.41, 5.74) is 1.15. The summed E-state index contributed by atoms with van der Waals surface area (Å²) in [4.78, 5) is 46.9. The zero-order chi connectivity index (χ0) is 21.3. The number of thiazole rings is 1. The number of methoxy groups -OCH3 is 1. The van der Waals surface area contributed by atoms with Gasteiger partial charge in [0.15, 0.2) is 5.13 Å². The predicted molar refractivity (Wildman–Crippen MR) is 109 cm³/mol. The van der Waals surface area contributed by atoms with Crippen molar-refractivity contribution in [2.24, 2.45) is 0 Å². The zero-order valence-electron chi connectivity index (χ0n) is 15.7. The molecule has 1 saturated heterocycles. The number of rotatable bonds is 4. The number of aliphatic hydroxyl groups excluding tert-OH is 1. The molecule has 4 rings (SSSR count). The molecular formula is C21H15N3O5S. The van der Waals surface area contributed by atoms with Gasteiger partial charge in [-0.1, -0.05) is 12.1 Å². The average Bonchev–Trinajstić information content (AvgIpc) is 3.40. The van der Waals surface area contributed by atoms with Crippen molar-refractivity contribution in [2.75, 3.05) is 12.0 Å². The number of benzene rings is 1. The molecule has 8 nitrogen and oxygen atoms in total. The molecule has 1 aliphatic heterocycles. The van der Waals surface area contributed by atoms with Crippen molar-refractivity contribution in [1.29, 1.82) is 0 Å². The zero-order valence-corrected chi connectivity index (χ0v) is 16.5. The number of hydrogen-bond donors (Lipinski definition) is 1. The van der Waals surface area contributed by atoms with Crippen LogP contribution in [0, 0.1) is 0 Å². The van der Waals surface area contributed by atoms with E-state index in [1.54, 1.807) is 29.6 Å². The number of aromatic nitrogens is 2. The molecule has 0 bridgehead atoms. The minimum absolute atomic E-state index is 0.0628. The molecule has 0 aliphatic carbocycles. The highest BCUT2D eigenvalue weighted by molar-refractivity contribution is 7.14. The number of Topliss-reactive ketones (excluding diaryl/α,β-unsaturated/α-hetero) is 1. The van der Waals surface area contributed by atoms with E-state index in [4.69, 9.17) is 4.74 Å². The summed E-state index contributed by atoms with van der Waals surface area (Å²) in [7, 11) is 1.28. The van der Waals surface area contributed by atoms with Gasteiger partial charge in [0.05, 0.1) is 24.3 Å². The van der Waals surface area contributed by atoms with E-state index in [9.17, 15) is 19.5 Å². The van der Waals surface area contributed by atoms with E-state index in [1.165, 1.54) is 54.1 Å². The molecule has 1 aromatic carbocycles. The standard InChI is InChI=1S/C21H15N3O5S/c1-29-20(28)14-4-2-12(3-5-14)16-15(17(25)13-6-8-22-9-7-13)18(26)19(27)24(16)21-23-10-11-30-21/h2-11,16,25H,1H3/b17-15+. The van der Waals surface area contributed by atoms with Crippen molar-refractivity contribution in [2.45, 2.75) is 6.04 Å². The first-order valence-electron chi connectivity index (χ1n) is 8.82. The van der Waals surface area contributed by atoms with Crippen molar-refractivity contribution in [3.63, 3.8) is 0 Å². The minimum Gasteiger partial charge on any atom is -0.507 e. The maximum Gasteiger partial charge on any atom is 0.337 e. The quantitative estimate of drug-likeness (QED) is 0.298. The fourth-order valence-electron chi connectivity index (χ4n) is 3.26. The molecule has 150 valence electrons. The second kappa shape index (κ2) is 7.88. The molecule has 0 saturated carbocycles. The molecule has 0 spiro atoms. The Hall–Kier alpha value is -3.85. The van der Waals surface area contributed by atoms with Gasteiger partial charge in [-0.15, -0.1) is 11.3 Å². The number of ketones is 1. The molecule has 1 fully saturated rings. The number of esters is 1. The van der Waals surface area contributed by atoms with Crippen LogP contribution in [-0.4, -0.2) is 39.8 Å². The van der Waals surface area contributed by atoms with Crippen LogP contribution >= 0.6 is 11.3 Å². The van der Waals surface area contributed by atoms with Crippen LogP contribution in [0.3, 0.4) is 0 Å². The predicted octanol–water partition coefficient (Wildman–Crippen LogP) is 2.95. The van der Waals surface area contributed by atoms with Crippen LogP contribution in [-0.2, 0) is 14.3 Å². The summed E-state index contributed by atoms with van der Waals surface area (Å²) >= 11 is 1.20. The van der Waals surface area contributed by atoms with E-state index in [0.29, 0.717) is 21.8 Å². The highest BCUT2D eigenvalue weighted by Crippen LogP contribution is 2.42. The Kier molecular flexibility index (Phi) is 5.11. The normalized spacial score (nSPS) is 17.9. The first-order valence-corrected chi connectivity index (χ1v) is 9.70. The molecule has 2 aromatic heterocycles. The molecule has 1 atom stereocenters. The van der Waals surface area contributed by atoms with E-state index in [2.05, 4.69) is 9.97 Å². The van der Waals surface area contributed by atoms with Crippen LogP contribution in [0.2, 0.25) is 0 Å². The van der Waals surface area contributed by atoms with Crippen molar-refractivity contribution in [3.05, 3.63) is 82.6 Å². The molecule has 9 heteroatoms. The number of hydrogen-bond acceptors (Lipinski definition) is 8. The van der Waals surface area contributed by atoms with Gasteiger partial charge in [0.1, 0.15) is 5.76 Å². The maximum atomic E-state index is 12.9. The van der Waals surface area contributed by atoms with Crippen molar-refractivity contribution in [1.82, 2.24) is 9.97 Å². The minimum atomic E-state index is -0.906. The van der Waals surface area contributed by atoms with Crippen LogP contribution in [0.4, 0.5) is 5.13 Å². The fraction of sp³-hybridized carbons (Fsp3) is 0.0952. The number of nitrogens with zero attached hydrogens (tertiary/aromatic N) is 3. The summed E-state index contributed by atoms with van der Waals surface area (Å²) in [6.07, 6.45) is 4.48. The van der Waals surface area contributed by atoms with Crippen LogP contribution in [0.1, 0.15) is 27.5 Å². The number of amides is 1. The smallest absolute Gasteiger partial charge is 0.337 e. The highest BCUT2D eigenvalue weighted by Gasteiger charge is 2.47. The van der Waals surface area contributed by atoms with Gasteiger partial charge < -0.3 is 9.84 Å². The van der Waals surface area contributed by atoms with Crippen molar-refractivity contribution >= 4 is 39.9 Å². The Morgan fingerprint density at radius 1 is 1.07 bits per heavy atom. The molecule has 30 heavy (non-hydrogen) atoms. The lowest BCUT2D eigenvalue weighted by Gasteiger charge is -2.23. The van der Waals surface area contributed by atoms with E-state index in [-0.39, 0.29) is 11.3 Å². The van der Waals surface area contributed by atoms with Crippen LogP contribution < -0.4 is 4.90 Å². The Morgan fingerprint density at radius 2 is 1.77 bits per heavy atom. The Bertz CT molecular complexity index is 1140. The fourth-order valence-corrected chi connectivity index (χ4v) is 3.93. The number of pyridine rings is 1. The Balaban J connectivity index is 1.89. The van der Waals surface area contributed by atoms with Gasteiger partial charge in [0.2, 0.25) is 0 Å². The summed E-state index contributed by atoms with van der Waals surface area (Å²) in [6.45, 7) is 0. The maximum absolute atomic E-state index is 12.9. The third kappa shape index (κ3) is 3.25. The number of anilines is 1. The van der Waals surface area contributed by atoms with Gasteiger partial charge in [-0.25, -0.2) is 9.78 Å². The second-order valence-corrected chi connectivity index (χ2v) is 7.21. The van der Waals surface area contributed by atoms with Gasteiger partial charge in [0, 0.05) is 29.5 Å². The molecule has 1 amide bonds. The highest BCUT2D eigenvalue weighted by atomic mass is 32.1. The van der Waals surface area contributed by atoms with Gasteiger partial charge in [-0.2, -0.15) is 0 Å². The molecular weight excluding hydrogens is 406 g/mol. The Morgan fingerprint density at radius 3 is 2.37 bits per heavy atom. The van der Waals surface area contributed by atoms with Gasteiger partial charge >= 0.3 is 11.9 Å². The summed E-state index contributed by atoms with van der Waals surface area (Å²) < 4.78 is 4.71. The van der Waals surface area contributed by atoms with Crippen molar-refractivity contribution in [3.8, 4) is 0 Å². The molecule has 3 aromatic rings. The molecule has 1 aliphatic rings. The number of ether oxygens (including phenoxy) is 1. The summed E-state index contributed by atoms with van der Waals surface area (Å²) in [5.74, 6) is -2.42. The number of carbonyl (C=O) groups excluding carboxylic acids is 3. The topological polar surface area (TPSA) is 110 Å². The largest absolute Gasteiger partial charge is 0.507 e. The second-order valence-electron chi connectivity index (χ2n) is 6.33. The van der Waals surface area contributed by atoms with E-state index in [0.717, 1.165) is 0 Å². The van der Waals surface area contributed by atoms with Crippen LogP contribution in [0.15, 0.2) is 65.9 Å². The molecule has 3 heterocycles. The third-order valence-corrected chi connectivity index (χ3v) is 5.44. The number of aliphatic hydroxyl groups is 1. The average molecular weight is 421 g/mol. The van der Waals surface area contributed by atoms with Crippen LogP contribution in [0.25, 0.3) is 5.76 Å². The first-order chi connectivity index (χ1) is 14.5. The van der Waals surface area contributed by atoms with E-state index < -0.39 is 23.7 Å². The SMILES string of the molecule is COC(=O)c1ccc(C2/C(=C(\O)c3ccncc3)C(=O)C(=O)N2c2nccs2)cc1. The van der Waals surface area contributed by atoms with E-state index >= 15 is 0 Å². The summed E-state index contributed by atoms with van der Waals surface area (Å²) in [5, 5.41) is 12.9. The lowest BCUT2D eigenvalue weighted by atomic mass is 9.95. The molecule has 1 unspecified atom stereocenters. The third-order valence-electron chi connectivity index (χ3n) is 4.67. The monoisotopic (exact) mass is 421 g/mol. The van der Waals surface area contributed by atoms with Crippen molar-refractivity contribution < 1.29 is 24.2 Å². The van der Waals surface area contributed by atoms with E-state index in [1.807, 2.05) is 0 Å². The molecule has 0 radical (unpaired) electrons. The number of carbonyl (C=O) groups is 3. The molecule has 1 N–H and O–H groups in total. The lowest BCUT2D eigenvalue weighted by molar-refractivity contribution is -0.132. The van der Waals surface area contributed by atoms with Gasteiger partial charge in [0.25, 0.3) is 5.78 Å². The van der Waals surface area contributed by atoms with Gasteiger partial charge in [-0.05, 0) is 29.8 Å². The van der Waals surface area contributed by atoms with Crippen LogP contribution in [0.5, 0.6) is 0 Å². The summed E-state index contributed by atoms with van der Waals surface area (Å²) in [6, 6.07) is 8.49. The Labute approximate surface area is 175 Å².